The Morgan fingerprint density at radius 3 is 2.27 bits per heavy atom. The van der Waals surface area contributed by atoms with Gasteiger partial charge in [-0.3, -0.25) is 0 Å². The molecule has 0 atom stereocenters. The summed E-state index contributed by atoms with van der Waals surface area (Å²) >= 11 is 0. The molecule has 0 unspecified atom stereocenters. The van der Waals surface area contributed by atoms with Gasteiger partial charge < -0.3 is 12.7 Å². The summed E-state index contributed by atoms with van der Waals surface area (Å²) in [5.41, 5.74) is 0. The van der Waals surface area contributed by atoms with E-state index in [1.807, 2.05) is 13.0 Å². The lowest BCUT2D eigenvalue weighted by atomic mass is 10.4. The maximum absolute atomic E-state index is 5.46. The van der Waals surface area contributed by atoms with Gasteiger partial charge in [-0.15, -0.1) is 0 Å². The third-order valence-electron chi connectivity index (χ3n) is 1.60. The van der Waals surface area contributed by atoms with E-state index in [9.17, 15) is 0 Å². The average Bonchev–Trinajstić information content (AvgIpc) is 2.31. The molecular weight excluding hydrogens is 256 g/mol. The summed E-state index contributed by atoms with van der Waals surface area (Å²) < 4.78 is 15.2. The third kappa shape index (κ3) is 10.3. The van der Waals surface area contributed by atoms with E-state index in [1.54, 1.807) is 0 Å². The van der Waals surface area contributed by atoms with Crippen LogP contribution in [-0.4, -0.2) is 47.3 Å². The van der Waals surface area contributed by atoms with Gasteiger partial charge in [0.05, 0.1) is 0 Å². The van der Waals surface area contributed by atoms with Gasteiger partial charge in [0.2, 0.25) is 0 Å². The topological polar surface area (TPSA) is 27.7 Å². The lowest BCUT2D eigenvalue weighted by Gasteiger charge is -2.00. The third-order valence-corrected chi connectivity index (χ3v) is 5.41. The molecule has 3 nitrogen and oxygen atoms in total. The smallest absolute Gasteiger partial charge is 0.283 e. The minimum Gasteiger partial charge on any atom is -0.449 e. The summed E-state index contributed by atoms with van der Waals surface area (Å²) in [6.07, 6.45) is 0. The van der Waals surface area contributed by atoms with Gasteiger partial charge in [0, 0.05) is 6.61 Å². The van der Waals surface area contributed by atoms with Crippen LogP contribution >= 0.6 is 0 Å². The van der Waals surface area contributed by atoms with Gasteiger partial charge in [0.25, 0.3) is 10.0 Å². The quantitative estimate of drug-likeness (QED) is 0.424. The second-order valence-electron chi connectivity index (χ2n) is 2.82. The first-order valence-electron chi connectivity index (χ1n) is 4.94. The molecule has 15 heavy (non-hydrogen) atoms. The summed E-state index contributed by atoms with van der Waals surface area (Å²) in [6, 6.07) is 10.4. The van der Waals surface area contributed by atoms with Crippen molar-refractivity contribution in [1.29, 1.82) is 0 Å². The Balaban J connectivity index is 0.000000423. The van der Waals surface area contributed by atoms with E-state index in [1.165, 1.54) is 5.19 Å². The van der Waals surface area contributed by atoms with Crippen molar-refractivity contribution < 1.29 is 12.7 Å². The maximum atomic E-state index is 5.46. The molecule has 0 aromatic heterocycles. The molecule has 1 rings (SSSR count). The minimum atomic E-state index is -0.599. The van der Waals surface area contributed by atoms with Crippen molar-refractivity contribution in [3.63, 3.8) is 0 Å². The molecule has 0 spiro atoms. The van der Waals surface area contributed by atoms with E-state index < -0.39 is 19.8 Å². The van der Waals surface area contributed by atoms with Gasteiger partial charge in [0.1, 0.15) is 21.0 Å². The highest BCUT2D eigenvalue weighted by Gasteiger charge is 1.90. The Hall–Kier alpha value is -0.0325. The van der Waals surface area contributed by atoms with E-state index in [2.05, 4.69) is 28.7 Å². The van der Waals surface area contributed by atoms with E-state index in [-0.39, 0.29) is 0 Å². The highest BCUT2D eigenvalue weighted by molar-refractivity contribution is 6.53. The fraction of sp³-hybridized carbons (Fsp3) is 0.250. The van der Waals surface area contributed by atoms with Crippen molar-refractivity contribution in [3.8, 4) is 0 Å². The van der Waals surface area contributed by atoms with Crippen LogP contribution in [0.4, 0.5) is 0 Å². The molecule has 0 saturated carbocycles. The predicted molar refractivity (Wildman–Crippen MR) is 76.8 cm³/mol. The molecule has 0 aliphatic carbocycles. The first-order chi connectivity index (χ1) is 7.35. The van der Waals surface area contributed by atoms with E-state index in [0.29, 0.717) is 0 Å². The SMILES string of the molecule is CCO[SiH3].[SiH3]O[SiH2]O[SiH2]c1ccccc1. The monoisotopic (exact) mass is 276 g/mol. The minimum absolute atomic E-state index is 0.463. The zero-order valence-corrected chi connectivity index (χ0v) is 16.6. The molecule has 86 valence electrons. The molecule has 0 amide bonds. The zero-order chi connectivity index (χ0) is 11.4. The van der Waals surface area contributed by atoms with Crippen LogP contribution < -0.4 is 5.19 Å². The van der Waals surface area contributed by atoms with Gasteiger partial charge in [-0.25, -0.2) is 0 Å². The number of rotatable bonds is 5. The Labute approximate surface area is 103 Å². The van der Waals surface area contributed by atoms with Crippen molar-refractivity contribution in [1.82, 2.24) is 0 Å². The standard InChI is InChI=1S/C6H12O2Si3.C2H8OSi/c9-7-11-8-10-6-4-2-1-3-5-6;1-2-3-4/h1-5H,10-11H2,9H3;2H2,1,4H3. The first kappa shape index (κ1) is 15.0. The molecule has 0 radical (unpaired) electrons. The van der Waals surface area contributed by atoms with Crippen molar-refractivity contribution in [2.24, 2.45) is 0 Å². The molecule has 7 heteroatoms. The lowest BCUT2D eigenvalue weighted by Crippen LogP contribution is -2.19. The summed E-state index contributed by atoms with van der Waals surface area (Å²) in [6.45, 7) is 2.87. The van der Waals surface area contributed by atoms with Crippen molar-refractivity contribution in [2.75, 3.05) is 6.61 Å². The van der Waals surface area contributed by atoms with Crippen LogP contribution in [0.3, 0.4) is 0 Å². The fourth-order valence-corrected chi connectivity index (χ4v) is 4.72. The molecule has 0 aliphatic rings. The summed E-state index contributed by atoms with van der Waals surface area (Å²) in [7, 11) is 0.652. The van der Waals surface area contributed by atoms with Gasteiger partial charge in [0.15, 0.2) is 9.76 Å². The van der Waals surface area contributed by atoms with Crippen LogP contribution in [0.25, 0.3) is 0 Å². The highest BCUT2D eigenvalue weighted by atomic mass is 28.3. The molecule has 0 saturated heterocycles. The molecule has 0 N–H and O–H groups in total. The molecule has 0 fully saturated rings. The van der Waals surface area contributed by atoms with Gasteiger partial charge >= 0.3 is 0 Å². The fourth-order valence-electron chi connectivity index (χ4n) is 0.817. The van der Waals surface area contributed by atoms with Crippen LogP contribution in [0.1, 0.15) is 6.92 Å². The molecule has 0 heterocycles. The Morgan fingerprint density at radius 1 is 1.20 bits per heavy atom. The first-order valence-corrected chi connectivity index (χ1v) is 9.01. The molecule has 1 aromatic carbocycles. The summed E-state index contributed by atoms with van der Waals surface area (Å²) in [5.74, 6) is 0. The average molecular weight is 277 g/mol. The van der Waals surface area contributed by atoms with Crippen LogP contribution in [0.5, 0.6) is 0 Å². The van der Waals surface area contributed by atoms with Crippen LogP contribution in [-0.2, 0) is 12.7 Å². The second kappa shape index (κ2) is 12.0. The van der Waals surface area contributed by atoms with Gasteiger partial charge in [-0.05, 0) is 12.1 Å². The predicted octanol–water partition coefficient (Wildman–Crippen LogP) is -2.99. The Morgan fingerprint density at radius 2 is 1.80 bits per heavy atom. The Bertz CT molecular complexity index is 220. The van der Waals surface area contributed by atoms with E-state index >= 15 is 0 Å². The van der Waals surface area contributed by atoms with Gasteiger partial charge in [-0.2, -0.15) is 0 Å². The largest absolute Gasteiger partial charge is 0.449 e. The van der Waals surface area contributed by atoms with Crippen molar-refractivity contribution in [2.45, 2.75) is 6.92 Å². The van der Waals surface area contributed by atoms with Crippen LogP contribution in [0, 0.1) is 0 Å². The molecule has 1 aromatic rings. The lowest BCUT2D eigenvalue weighted by molar-refractivity contribution is 0.375. The molecule has 0 bridgehead atoms. The summed E-state index contributed by atoms with van der Waals surface area (Å²) in [5, 5.41) is 1.36. The van der Waals surface area contributed by atoms with Crippen LogP contribution in [0.15, 0.2) is 30.3 Å². The van der Waals surface area contributed by atoms with Gasteiger partial charge in [-0.1, -0.05) is 30.3 Å². The second-order valence-corrected chi connectivity index (χ2v) is 8.68. The highest BCUT2D eigenvalue weighted by Crippen LogP contribution is 1.81. The zero-order valence-electron chi connectivity index (χ0n) is 9.73. The summed E-state index contributed by atoms with van der Waals surface area (Å²) in [4.78, 5) is 0. The molecule has 0 aliphatic heterocycles. The van der Waals surface area contributed by atoms with E-state index in [4.69, 9.17) is 8.23 Å². The molecular formula is C8H20O3Si4. The number of hydrogen-bond donors (Lipinski definition) is 0. The van der Waals surface area contributed by atoms with Crippen molar-refractivity contribution in [3.05, 3.63) is 30.3 Å². The van der Waals surface area contributed by atoms with Crippen molar-refractivity contribution >= 4 is 45.9 Å². The Kier molecular flexibility index (Phi) is 12.0. The normalized spacial score (nSPS) is 11.3. The maximum Gasteiger partial charge on any atom is 0.283 e. The van der Waals surface area contributed by atoms with E-state index in [0.717, 1.165) is 27.6 Å². The van der Waals surface area contributed by atoms with Crippen LogP contribution in [0.2, 0.25) is 0 Å². The number of hydrogen-bond acceptors (Lipinski definition) is 3. The number of benzene rings is 1.